The van der Waals surface area contributed by atoms with Crippen LogP contribution in [0.1, 0.15) is 24.2 Å². The van der Waals surface area contributed by atoms with Gasteiger partial charge in [-0.3, -0.25) is 4.68 Å². The van der Waals surface area contributed by atoms with Gasteiger partial charge in [0.15, 0.2) is 0 Å². The van der Waals surface area contributed by atoms with Crippen molar-refractivity contribution >= 4 is 11.6 Å². The number of halogens is 1. The van der Waals surface area contributed by atoms with E-state index in [0.29, 0.717) is 12.7 Å². The van der Waals surface area contributed by atoms with Gasteiger partial charge in [-0.2, -0.15) is 5.10 Å². The van der Waals surface area contributed by atoms with Gasteiger partial charge in [0.25, 0.3) is 0 Å². The number of hydrogen-bond donors (Lipinski definition) is 1. The van der Waals surface area contributed by atoms with Gasteiger partial charge in [-0.25, -0.2) is 0 Å². The second-order valence-electron chi connectivity index (χ2n) is 4.80. The molecule has 0 atom stereocenters. The highest BCUT2D eigenvalue weighted by Gasteiger charge is 2.29. The monoisotopic (exact) mass is 257 g/mol. The van der Waals surface area contributed by atoms with Crippen molar-refractivity contribution in [3.8, 4) is 0 Å². The second kappa shape index (κ2) is 5.38. The molecule has 1 aliphatic carbocycles. The van der Waals surface area contributed by atoms with Crippen molar-refractivity contribution in [1.29, 1.82) is 0 Å². The molecule has 1 aliphatic rings. The third-order valence-corrected chi connectivity index (χ3v) is 3.89. The maximum absolute atomic E-state index is 6.16. The first kappa shape index (κ1) is 12.9. The largest absolute Gasteiger partial charge is 0.372 e. The van der Waals surface area contributed by atoms with Gasteiger partial charge in [0.1, 0.15) is 0 Å². The molecular weight excluding hydrogens is 238 g/mol. The molecule has 0 aromatic carbocycles. The van der Waals surface area contributed by atoms with Crippen LogP contribution in [0.15, 0.2) is 0 Å². The fourth-order valence-electron chi connectivity index (χ4n) is 2.30. The SMILES string of the molecule is CNCC1CC(OCc2c(Cl)c(C)nn2C)C1. The number of aryl methyl sites for hydroxylation is 2. The fraction of sp³-hybridized carbons (Fsp3) is 0.750. The van der Waals surface area contributed by atoms with E-state index in [0.717, 1.165) is 41.7 Å². The Hall–Kier alpha value is -0.580. The number of aromatic nitrogens is 2. The Morgan fingerprint density at radius 3 is 2.76 bits per heavy atom. The van der Waals surface area contributed by atoms with Crippen LogP contribution >= 0.6 is 11.6 Å². The molecule has 17 heavy (non-hydrogen) atoms. The molecule has 1 aromatic rings. The van der Waals surface area contributed by atoms with Crippen molar-refractivity contribution in [2.45, 2.75) is 32.5 Å². The van der Waals surface area contributed by atoms with Crippen LogP contribution in [-0.2, 0) is 18.4 Å². The van der Waals surface area contributed by atoms with Gasteiger partial charge in [-0.15, -0.1) is 0 Å². The first-order valence-corrected chi connectivity index (χ1v) is 6.43. The summed E-state index contributed by atoms with van der Waals surface area (Å²) in [6.07, 6.45) is 2.68. The lowest BCUT2D eigenvalue weighted by molar-refractivity contribution is -0.0411. The summed E-state index contributed by atoms with van der Waals surface area (Å²) < 4.78 is 7.65. The van der Waals surface area contributed by atoms with Gasteiger partial charge in [0.2, 0.25) is 0 Å². The van der Waals surface area contributed by atoms with Crippen LogP contribution in [0.25, 0.3) is 0 Å². The molecular formula is C12H20ClN3O. The third-order valence-electron chi connectivity index (χ3n) is 3.40. The van der Waals surface area contributed by atoms with Gasteiger partial charge < -0.3 is 10.1 Å². The molecule has 0 saturated heterocycles. The van der Waals surface area contributed by atoms with Crippen LogP contribution in [0.4, 0.5) is 0 Å². The highest BCUT2D eigenvalue weighted by Crippen LogP contribution is 2.31. The number of ether oxygens (including phenoxy) is 1. The van der Waals surface area contributed by atoms with Crippen molar-refractivity contribution in [3.05, 3.63) is 16.4 Å². The van der Waals surface area contributed by atoms with Crippen molar-refractivity contribution in [3.63, 3.8) is 0 Å². The molecule has 0 spiro atoms. The van der Waals surface area contributed by atoms with Gasteiger partial charge in [0.05, 0.1) is 29.1 Å². The van der Waals surface area contributed by atoms with Crippen LogP contribution < -0.4 is 5.32 Å². The number of hydrogen-bond acceptors (Lipinski definition) is 3. The van der Waals surface area contributed by atoms with E-state index in [9.17, 15) is 0 Å². The molecule has 1 fully saturated rings. The maximum atomic E-state index is 6.16. The van der Waals surface area contributed by atoms with Crippen LogP contribution in [0.2, 0.25) is 5.02 Å². The van der Waals surface area contributed by atoms with Gasteiger partial charge in [-0.05, 0) is 39.3 Å². The quantitative estimate of drug-likeness (QED) is 0.876. The molecule has 1 N–H and O–H groups in total. The number of rotatable bonds is 5. The molecule has 0 bridgehead atoms. The highest BCUT2D eigenvalue weighted by molar-refractivity contribution is 6.31. The maximum Gasteiger partial charge on any atom is 0.0903 e. The lowest BCUT2D eigenvalue weighted by Gasteiger charge is -2.35. The van der Waals surface area contributed by atoms with Crippen LogP contribution in [0.3, 0.4) is 0 Å². The van der Waals surface area contributed by atoms with E-state index in [-0.39, 0.29) is 0 Å². The molecule has 1 aromatic heterocycles. The van der Waals surface area contributed by atoms with Crippen molar-refractivity contribution in [2.75, 3.05) is 13.6 Å². The van der Waals surface area contributed by atoms with E-state index in [1.807, 2.05) is 21.0 Å². The Balaban J connectivity index is 1.80. The average molecular weight is 258 g/mol. The molecule has 5 heteroatoms. The van der Waals surface area contributed by atoms with Gasteiger partial charge in [0, 0.05) is 7.05 Å². The molecule has 0 aliphatic heterocycles. The number of nitrogens with one attached hydrogen (secondary N) is 1. The minimum absolute atomic E-state index is 0.389. The molecule has 0 amide bonds. The average Bonchev–Trinajstić information content (AvgIpc) is 2.47. The standard InChI is InChI=1S/C12H20ClN3O/c1-8-12(13)11(16(3)15-8)7-17-10-4-9(5-10)6-14-2/h9-10,14H,4-7H2,1-3H3. The second-order valence-corrected chi connectivity index (χ2v) is 5.18. The van der Waals surface area contributed by atoms with E-state index in [4.69, 9.17) is 16.3 Å². The Labute approximate surface area is 107 Å². The zero-order valence-electron chi connectivity index (χ0n) is 10.7. The zero-order chi connectivity index (χ0) is 12.4. The summed E-state index contributed by atoms with van der Waals surface area (Å²) >= 11 is 6.16. The van der Waals surface area contributed by atoms with Crippen molar-refractivity contribution in [1.82, 2.24) is 15.1 Å². The van der Waals surface area contributed by atoms with E-state index in [1.54, 1.807) is 4.68 Å². The predicted octanol–water partition coefficient (Wildman–Crippen LogP) is 1.90. The Morgan fingerprint density at radius 1 is 1.53 bits per heavy atom. The smallest absolute Gasteiger partial charge is 0.0903 e. The Morgan fingerprint density at radius 2 is 2.24 bits per heavy atom. The molecule has 1 heterocycles. The first-order valence-electron chi connectivity index (χ1n) is 6.06. The van der Waals surface area contributed by atoms with Crippen molar-refractivity contribution < 1.29 is 4.74 Å². The molecule has 0 radical (unpaired) electrons. The summed E-state index contributed by atoms with van der Waals surface area (Å²) in [5.41, 5.74) is 1.84. The van der Waals surface area contributed by atoms with E-state index in [2.05, 4.69) is 10.4 Å². The fourth-order valence-corrected chi connectivity index (χ4v) is 2.51. The zero-order valence-corrected chi connectivity index (χ0v) is 11.4. The minimum atomic E-state index is 0.389. The molecule has 96 valence electrons. The molecule has 4 nitrogen and oxygen atoms in total. The minimum Gasteiger partial charge on any atom is -0.372 e. The summed E-state index contributed by atoms with van der Waals surface area (Å²) in [4.78, 5) is 0. The van der Waals surface area contributed by atoms with E-state index >= 15 is 0 Å². The van der Waals surface area contributed by atoms with E-state index < -0.39 is 0 Å². The summed E-state index contributed by atoms with van der Waals surface area (Å²) in [6.45, 7) is 3.57. The lowest BCUT2D eigenvalue weighted by Crippen LogP contribution is -2.36. The predicted molar refractivity (Wildman–Crippen MR) is 68.2 cm³/mol. The molecule has 0 unspecified atom stereocenters. The Bertz CT molecular complexity index is 385. The first-order chi connectivity index (χ1) is 8.11. The van der Waals surface area contributed by atoms with Crippen molar-refractivity contribution in [2.24, 2.45) is 13.0 Å². The summed E-state index contributed by atoms with van der Waals surface area (Å²) in [6, 6.07) is 0. The Kier molecular flexibility index (Phi) is 4.07. The lowest BCUT2D eigenvalue weighted by atomic mass is 9.82. The summed E-state index contributed by atoms with van der Waals surface area (Å²) in [7, 11) is 3.90. The molecule has 1 saturated carbocycles. The highest BCUT2D eigenvalue weighted by atomic mass is 35.5. The third kappa shape index (κ3) is 2.81. The van der Waals surface area contributed by atoms with Crippen LogP contribution in [0, 0.1) is 12.8 Å². The molecule has 2 rings (SSSR count). The topological polar surface area (TPSA) is 39.1 Å². The van der Waals surface area contributed by atoms with Crippen LogP contribution in [-0.4, -0.2) is 29.5 Å². The van der Waals surface area contributed by atoms with E-state index in [1.165, 1.54) is 0 Å². The summed E-state index contributed by atoms with van der Waals surface area (Å²) in [5.74, 6) is 0.772. The van der Waals surface area contributed by atoms with Gasteiger partial charge >= 0.3 is 0 Å². The number of nitrogens with zero attached hydrogens (tertiary/aromatic N) is 2. The summed E-state index contributed by atoms with van der Waals surface area (Å²) in [5, 5.41) is 8.20. The normalized spacial score (nSPS) is 23.8. The van der Waals surface area contributed by atoms with Gasteiger partial charge in [-0.1, -0.05) is 11.6 Å². The van der Waals surface area contributed by atoms with Crippen LogP contribution in [0.5, 0.6) is 0 Å².